The summed E-state index contributed by atoms with van der Waals surface area (Å²) in [6, 6.07) is 10.0. The van der Waals surface area contributed by atoms with Crippen molar-refractivity contribution in [2.24, 2.45) is 0 Å². The number of aryl methyl sites for hydroxylation is 2. The Bertz CT molecular complexity index is 1410. The number of piperazine rings is 1. The number of hydrogen-bond acceptors (Lipinski definition) is 7. The van der Waals surface area contributed by atoms with Crippen molar-refractivity contribution in [3.8, 4) is 16.9 Å². The van der Waals surface area contributed by atoms with E-state index in [9.17, 15) is 4.79 Å². The van der Waals surface area contributed by atoms with E-state index in [1.165, 1.54) is 0 Å². The van der Waals surface area contributed by atoms with E-state index in [0.29, 0.717) is 19.7 Å². The minimum absolute atomic E-state index is 0.0966. The highest BCUT2D eigenvalue weighted by Gasteiger charge is 2.35. The molecule has 4 aromatic rings. The van der Waals surface area contributed by atoms with Gasteiger partial charge in [0.1, 0.15) is 23.9 Å². The maximum atomic E-state index is 12.1. The lowest BCUT2D eigenvalue weighted by molar-refractivity contribution is -0.131. The van der Waals surface area contributed by atoms with E-state index < -0.39 is 0 Å². The highest BCUT2D eigenvalue weighted by molar-refractivity contribution is 5.94. The normalized spacial score (nSPS) is 19.8. The highest BCUT2D eigenvalue weighted by atomic mass is 16.5. The number of nitrogens with zero attached hydrogens (tertiary/aromatic N) is 6. The van der Waals surface area contributed by atoms with Crippen molar-refractivity contribution >= 4 is 22.9 Å². The Balaban J connectivity index is 1.55. The predicted molar refractivity (Wildman–Crippen MR) is 132 cm³/mol. The first-order valence-electron chi connectivity index (χ1n) is 12.0. The zero-order valence-electron chi connectivity index (χ0n) is 20.4. The van der Waals surface area contributed by atoms with Crippen molar-refractivity contribution in [1.82, 2.24) is 24.6 Å². The van der Waals surface area contributed by atoms with Gasteiger partial charge in [-0.2, -0.15) is 0 Å². The monoisotopic (exact) mass is 472 g/mol. The van der Waals surface area contributed by atoms with Crippen LogP contribution >= 0.6 is 0 Å². The van der Waals surface area contributed by atoms with Crippen LogP contribution in [0.3, 0.4) is 0 Å². The molecule has 35 heavy (non-hydrogen) atoms. The summed E-state index contributed by atoms with van der Waals surface area (Å²) in [5.41, 5.74) is 5.48. The number of anilines is 1. The van der Waals surface area contributed by atoms with E-state index in [1.807, 2.05) is 55.3 Å². The van der Waals surface area contributed by atoms with Gasteiger partial charge < -0.3 is 19.1 Å². The number of imidazole rings is 1. The number of rotatable bonds is 3. The molecule has 9 nitrogen and oxygen atoms in total. The van der Waals surface area contributed by atoms with E-state index in [0.717, 1.165) is 57.6 Å². The fourth-order valence-electron chi connectivity index (χ4n) is 5.51. The van der Waals surface area contributed by atoms with Gasteiger partial charge in [-0.25, -0.2) is 4.98 Å². The van der Waals surface area contributed by atoms with Crippen LogP contribution in [-0.4, -0.2) is 62.8 Å². The lowest BCUT2D eigenvalue weighted by Gasteiger charge is -2.40. The second-order valence-electron chi connectivity index (χ2n) is 9.38. The van der Waals surface area contributed by atoms with Crippen molar-refractivity contribution in [2.45, 2.75) is 39.8 Å². The summed E-state index contributed by atoms with van der Waals surface area (Å²) in [5.74, 6) is 2.54. The number of amides is 1. The molecule has 2 atom stereocenters. The Morgan fingerprint density at radius 1 is 1.14 bits per heavy atom. The molecule has 0 spiro atoms. The first-order valence-corrected chi connectivity index (χ1v) is 12.0. The lowest BCUT2D eigenvalue weighted by atomic mass is 10.0. The number of pyridine rings is 1. The minimum atomic E-state index is -0.121. The Kier molecular flexibility index (Phi) is 5.01. The molecular formula is C26H28N6O3. The van der Waals surface area contributed by atoms with E-state index in [1.54, 1.807) is 6.92 Å². The van der Waals surface area contributed by atoms with Gasteiger partial charge in [-0.15, -0.1) is 0 Å². The number of carbonyl (C=O) groups excluding carboxylic acids is 1. The number of aromatic nitrogens is 4. The molecule has 0 saturated carbocycles. The van der Waals surface area contributed by atoms with Crippen LogP contribution in [0.2, 0.25) is 0 Å². The molecule has 0 radical (unpaired) electrons. The summed E-state index contributed by atoms with van der Waals surface area (Å²) >= 11 is 0. The van der Waals surface area contributed by atoms with Gasteiger partial charge in [-0.1, -0.05) is 11.2 Å². The lowest BCUT2D eigenvalue weighted by Crippen LogP contribution is -2.54. The van der Waals surface area contributed by atoms with Crippen LogP contribution in [0, 0.1) is 13.8 Å². The molecule has 1 fully saturated rings. The summed E-state index contributed by atoms with van der Waals surface area (Å²) in [7, 11) is 0. The molecule has 2 aliphatic heterocycles. The molecule has 3 aromatic heterocycles. The van der Waals surface area contributed by atoms with E-state index in [-0.39, 0.29) is 18.0 Å². The molecule has 5 heterocycles. The Hall–Kier alpha value is -3.88. The third kappa shape index (κ3) is 3.37. The van der Waals surface area contributed by atoms with Crippen LogP contribution in [0.1, 0.15) is 37.0 Å². The van der Waals surface area contributed by atoms with E-state index >= 15 is 0 Å². The molecular weight excluding hydrogens is 444 g/mol. The zero-order chi connectivity index (χ0) is 24.3. The van der Waals surface area contributed by atoms with Gasteiger partial charge in [0.25, 0.3) is 0 Å². The van der Waals surface area contributed by atoms with E-state index in [4.69, 9.17) is 14.2 Å². The zero-order valence-corrected chi connectivity index (χ0v) is 20.4. The Labute approximate surface area is 203 Å². The van der Waals surface area contributed by atoms with Crippen molar-refractivity contribution < 1.29 is 14.1 Å². The third-order valence-electron chi connectivity index (χ3n) is 7.13. The van der Waals surface area contributed by atoms with Crippen LogP contribution < -0.4 is 9.64 Å². The topological polar surface area (TPSA) is 89.5 Å². The van der Waals surface area contributed by atoms with Crippen molar-refractivity contribution in [2.75, 3.05) is 31.1 Å². The summed E-state index contributed by atoms with van der Waals surface area (Å²) in [5, 5.41) is 4.16. The first-order chi connectivity index (χ1) is 16.9. The third-order valence-corrected chi connectivity index (χ3v) is 7.13. The van der Waals surface area contributed by atoms with Gasteiger partial charge in [0, 0.05) is 44.4 Å². The molecule has 9 heteroatoms. The first kappa shape index (κ1) is 21.6. The Morgan fingerprint density at radius 3 is 2.69 bits per heavy atom. The molecule has 1 aromatic carbocycles. The molecule has 0 bridgehead atoms. The summed E-state index contributed by atoms with van der Waals surface area (Å²) in [6.45, 7) is 10.1. The van der Waals surface area contributed by atoms with Crippen LogP contribution in [-0.2, 0) is 4.79 Å². The summed E-state index contributed by atoms with van der Waals surface area (Å²) in [4.78, 5) is 26.0. The van der Waals surface area contributed by atoms with Gasteiger partial charge >= 0.3 is 0 Å². The number of hydrogen-bond donors (Lipinski definition) is 0. The minimum Gasteiger partial charge on any atom is -0.488 e. The molecule has 6 rings (SSSR count). The van der Waals surface area contributed by atoms with Gasteiger partial charge in [0.15, 0.2) is 5.75 Å². The second-order valence-corrected chi connectivity index (χ2v) is 9.38. The quantitative estimate of drug-likeness (QED) is 0.449. The average Bonchev–Trinajstić information content (AvgIpc) is 3.41. The maximum absolute atomic E-state index is 12.1. The maximum Gasteiger partial charge on any atom is 0.219 e. The summed E-state index contributed by atoms with van der Waals surface area (Å²) < 4.78 is 14.2. The second kappa shape index (κ2) is 8.11. The standard InChI is InChI=1S/C26H28N6O3/c1-15-13-30(11-12-31(15)18(4)33)26-28-21-9-8-19(23-16(2)29-35-17(23)3)25-24(21)32(26)22(14-34-25)20-7-5-6-10-27-20/h5-10,15,22H,11-14H2,1-4H3/t15-,22+/m0/s1. The molecule has 2 aliphatic rings. The largest absolute Gasteiger partial charge is 0.488 e. The van der Waals surface area contributed by atoms with Gasteiger partial charge in [0.05, 0.1) is 22.5 Å². The Morgan fingerprint density at radius 2 is 2.00 bits per heavy atom. The van der Waals surface area contributed by atoms with Gasteiger partial charge in [-0.3, -0.25) is 14.3 Å². The molecule has 1 saturated heterocycles. The van der Waals surface area contributed by atoms with E-state index in [2.05, 4.69) is 26.5 Å². The molecule has 180 valence electrons. The van der Waals surface area contributed by atoms with Crippen LogP contribution in [0.5, 0.6) is 5.75 Å². The fraction of sp³-hybridized carbons (Fsp3) is 0.385. The van der Waals surface area contributed by atoms with Crippen molar-refractivity contribution in [3.05, 3.63) is 53.7 Å². The van der Waals surface area contributed by atoms with Crippen LogP contribution in [0.4, 0.5) is 5.95 Å². The predicted octanol–water partition coefficient (Wildman–Crippen LogP) is 3.74. The van der Waals surface area contributed by atoms with Crippen LogP contribution in [0.15, 0.2) is 41.1 Å². The SMILES string of the molecule is CC(=O)N1CCN(c2nc3ccc(-c4c(C)noc4C)c4c3n2[C@@H](c2ccccn2)CO4)C[C@@H]1C. The van der Waals surface area contributed by atoms with Gasteiger partial charge in [0.2, 0.25) is 11.9 Å². The molecule has 0 aliphatic carbocycles. The number of ether oxygens (including phenoxy) is 1. The summed E-state index contributed by atoms with van der Waals surface area (Å²) in [6.07, 6.45) is 1.81. The molecule has 0 N–H and O–H groups in total. The van der Waals surface area contributed by atoms with Gasteiger partial charge in [-0.05, 0) is 45.0 Å². The number of benzene rings is 1. The highest BCUT2D eigenvalue weighted by Crippen LogP contribution is 2.45. The average molecular weight is 473 g/mol. The molecule has 1 amide bonds. The number of carbonyl (C=O) groups is 1. The van der Waals surface area contributed by atoms with Crippen LogP contribution in [0.25, 0.3) is 22.2 Å². The fourth-order valence-corrected chi connectivity index (χ4v) is 5.51. The smallest absolute Gasteiger partial charge is 0.219 e. The van der Waals surface area contributed by atoms with Crippen molar-refractivity contribution in [1.29, 1.82) is 0 Å². The van der Waals surface area contributed by atoms with Crippen molar-refractivity contribution in [3.63, 3.8) is 0 Å². The molecule has 0 unspecified atom stereocenters.